The third-order valence-corrected chi connectivity index (χ3v) is 7.26. The average molecular weight is 484 g/mol. The number of halogens is 1. The van der Waals surface area contributed by atoms with Crippen molar-refractivity contribution in [1.29, 1.82) is 0 Å². The number of carboxylic acids is 1. The monoisotopic (exact) mass is 483 g/mol. The fraction of sp³-hybridized carbons (Fsp3) is 0.240. The molecule has 34 heavy (non-hydrogen) atoms. The van der Waals surface area contributed by atoms with E-state index >= 15 is 0 Å². The summed E-state index contributed by atoms with van der Waals surface area (Å²) in [5.74, 6) is -1.85. The van der Waals surface area contributed by atoms with Gasteiger partial charge in [0.1, 0.15) is 5.82 Å². The molecule has 1 saturated heterocycles. The standard InChI is InChI=1S/C25H26FN3O4S/c1-17-5-3-7-21(13-17)29-12-11-28(16-18(29)2)24-10-9-19(25(30)31)14-23(24)27-34(32,33)22-8-4-6-20(26)15-22/h3-10,13-15,18,27H,11-12,16H2,1-2H3,(H,30,31)/t18-/m0/s1. The quantitative estimate of drug-likeness (QED) is 0.542. The van der Waals surface area contributed by atoms with Crippen molar-refractivity contribution in [3.63, 3.8) is 0 Å². The smallest absolute Gasteiger partial charge is 0.335 e. The Morgan fingerprint density at radius 1 is 1.06 bits per heavy atom. The number of piperazine rings is 1. The molecule has 3 aromatic carbocycles. The van der Waals surface area contributed by atoms with Crippen LogP contribution in [0.5, 0.6) is 0 Å². The van der Waals surface area contributed by atoms with Gasteiger partial charge in [-0.15, -0.1) is 0 Å². The van der Waals surface area contributed by atoms with Gasteiger partial charge in [0.15, 0.2) is 0 Å². The van der Waals surface area contributed by atoms with E-state index in [1.165, 1.54) is 29.8 Å². The zero-order valence-corrected chi connectivity index (χ0v) is 19.7. The van der Waals surface area contributed by atoms with Crippen LogP contribution in [-0.2, 0) is 10.0 Å². The number of nitrogens with one attached hydrogen (secondary N) is 1. The number of anilines is 3. The molecule has 178 valence electrons. The second kappa shape index (κ2) is 9.34. The lowest BCUT2D eigenvalue weighted by Gasteiger charge is -2.43. The second-order valence-electron chi connectivity index (χ2n) is 8.43. The minimum Gasteiger partial charge on any atom is -0.478 e. The Labute approximate surface area is 198 Å². The van der Waals surface area contributed by atoms with Crippen LogP contribution >= 0.6 is 0 Å². The summed E-state index contributed by atoms with van der Waals surface area (Å²) in [5, 5.41) is 9.44. The molecule has 1 heterocycles. The van der Waals surface area contributed by atoms with Gasteiger partial charge in [-0.3, -0.25) is 4.72 Å². The van der Waals surface area contributed by atoms with Gasteiger partial charge in [0.05, 0.1) is 21.8 Å². The van der Waals surface area contributed by atoms with Gasteiger partial charge >= 0.3 is 5.97 Å². The lowest BCUT2D eigenvalue weighted by Crippen LogP contribution is -2.52. The third kappa shape index (κ3) is 4.99. The first kappa shape index (κ1) is 23.6. The third-order valence-electron chi connectivity index (χ3n) is 5.90. The van der Waals surface area contributed by atoms with Crippen molar-refractivity contribution in [2.45, 2.75) is 24.8 Å². The van der Waals surface area contributed by atoms with Crippen molar-refractivity contribution in [3.05, 3.63) is 83.7 Å². The van der Waals surface area contributed by atoms with Gasteiger partial charge in [-0.25, -0.2) is 17.6 Å². The van der Waals surface area contributed by atoms with E-state index in [4.69, 9.17) is 0 Å². The Morgan fingerprint density at radius 3 is 2.50 bits per heavy atom. The molecule has 1 aliphatic rings. The zero-order valence-electron chi connectivity index (χ0n) is 18.9. The van der Waals surface area contributed by atoms with Crippen molar-refractivity contribution >= 4 is 33.1 Å². The van der Waals surface area contributed by atoms with Gasteiger partial charge in [-0.1, -0.05) is 18.2 Å². The summed E-state index contributed by atoms with van der Waals surface area (Å²) in [6, 6.07) is 17.4. The van der Waals surface area contributed by atoms with Gasteiger partial charge in [0.2, 0.25) is 0 Å². The number of hydrogen-bond acceptors (Lipinski definition) is 5. The van der Waals surface area contributed by atoms with E-state index in [0.717, 1.165) is 17.8 Å². The molecule has 0 amide bonds. The van der Waals surface area contributed by atoms with Crippen LogP contribution in [0, 0.1) is 12.7 Å². The molecule has 9 heteroatoms. The van der Waals surface area contributed by atoms with E-state index in [9.17, 15) is 22.7 Å². The maximum Gasteiger partial charge on any atom is 0.335 e. The fourth-order valence-electron chi connectivity index (χ4n) is 4.23. The van der Waals surface area contributed by atoms with E-state index in [-0.39, 0.29) is 22.2 Å². The van der Waals surface area contributed by atoms with Gasteiger partial charge < -0.3 is 14.9 Å². The summed E-state index contributed by atoms with van der Waals surface area (Å²) in [7, 11) is -4.13. The van der Waals surface area contributed by atoms with Gasteiger partial charge in [0, 0.05) is 31.4 Å². The molecule has 1 fully saturated rings. The predicted molar refractivity (Wildman–Crippen MR) is 131 cm³/mol. The largest absolute Gasteiger partial charge is 0.478 e. The minimum atomic E-state index is -4.13. The van der Waals surface area contributed by atoms with Crippen LogP contribution in [0.15, 0.2) is 71.6 Å². The van der Waals surface area contributed by atoms with Crippen LogP contribution < -0.4 is 14.5 Å². The summed E-state index contributed by atoms with van der Waals surface area (Å²) < 4.78 is 42.0. The Kier molecular flexibility index (Phi) is 6.47. The van der Waals surface area contributed by atoms with Gasteiger partial charge in [-0.05, 0) is 67.9 Å². The van der Waals surface area contributed by atoms with Gasteiger partial charge in [-0.2, -0.15) is 0 Å². The number of aromatic carboxylic acids is 1. The van der Waals surface area contributed by atoms with Crippen LogP contribution in [0.1, 0.15) is 22.8 Å². The highest BCUT2D eigenvalue weighted by molar-refractivity contribution is 7.92. The molecule has 0 unspecified atom stereocenters. The maximum atomic E-state index is 13.6. The number of sulfonamides is 1. The Morgan fingerprint density at radius 2 is 1.82 bits per heavy atom. The summed E-state index contributed by atoms with van der Waals surface area (Å²) in [6.07, 6.45) is 0. The lowest BCUT2D eigenvalue weighted by molar-refractivity contribution is 0.0697. The van der Waals surface area contributed by atoms with E-state index < -0.39 is 21.8 Å². The molecule has 3 aromatic rings. The molecule has 7 nitrogen and oxygen atoms in total. The molecule has 2 N–H and O–H groups in total. The molecule has 0 aromatic heterocycles. The van der Waals surface area contributed by atoms with Crippen LogP contribution in [0.25, 0.3) is 0 Å². The lowest BCUT2D eigenvalue weighted by atomic mass is 10.1. The zero-order chi connectivity index (χ0) is 24.5. The van der Waals surface area contributed by atoms with Crippen molar-refractivity contribution in [3.8, 4) is 0 Å². The van der Waals surface area contributed by atoms with Crippen LogP contribution in [0.2, 0.25) is 0 Å². The van der Waals surface area contributed by atoms with Crippen LogP contribution in [0.3, 0.4) is 0 Å². The number of hydrogen-bond donors (Lipinski definition) is 2. The number of rotatable bonds is 6. The first-order chi connectivity index (χ1) is 16.1. The number of carboxylic acid groups (broad SMARTS) is 1. The number of carbonyl (C=O) groups is 1. The number of benzene rings is 3. The SMILES string of the molecule is Cc1cccc(N2CCN(c3ccc(C(=O)O)cc3NS(=O)(=O)c3cccc(F)c3)C[C@@H]2C)c1. The highest BCUT2D eigenvalue weighted by Crippen LogP contribution is 2.32. The molecular formula is C25H26FN3O4S. The molecule has 0 spiro atoms. The molecule has 4 rings (SSSR count). The molecule has 1 aliphatic heterocycles. The van der Waals surface area contributed by atoms with E-state index in [1.54, 1.807) is 6.07 Å². The van der Waals surface area contributed by atoms with Crippen molar-refractivity contribution in [2.24, 2.45) is 0 Å². The first-order valence-electron chi connectivity index (χ1n) is 10.9. The minimum absolute atomic E-state index is 0.0489. The molecule has 0 saturated carbocycles. The van der Waals surface area contributed by atoms with Crippen molar-refractivity contribution in [2.75, 3.05) is 34.2 Å². The number of aryl methyl sites for hydroxylation is 1. The normalized spacial score (nSPS) is 16.4. The Bertz CT molecular complexity index is 1330. The predicted octanol–water partition coefficient (Wildman–Crippen LogP) is 4.35. The van der Waals surface area contributed by atoms with Gasteiger partial charge in [0.25, 0.3) is 10.0 Å². The topological polar surface area (TPSA) is 89.9 Å². The molecule has 0 aliphatic carbocycles. The summed E-state index contributed by atoms with van der Waals surface area (Å²) >= 11 is 0. The maximum absolute atomic E-state index is 13.6. The van der Waals surface area contributed by atoms with Crippen LogP contribution in [-0.4, -0.2) is 45.2 Å². The van der Waals surface area contributed by atoms with E-state index in [1.807, 2.05) is 24.0 Å². The highest BCUT2D eigenvalue weighted by atomic mass is 32.2. The van der Waals surface area contributed by atoms with Crippen molar-refractivity contribution in [1.82, 2.24) is 0 Å². The summed E-state index contributed by atoms with van der Waals surface area (Å²) in [6.45, 7) is 6.07. The van der Waals surface area contributed by atoms with E-state index in [0.29, 0.717) is 25.3 Å². The molecule has 1 atom stereocenters. The summed E-state index contributed by atoms with van der Waals surface area (Å²) in [4.78, 5) is 15.6. The summed E-state index contributed by atoms with van der Waals surface area (Å²) in [5.41, 5.74) is 2.96. The second-order valence-corrected chi connectivity index (χ2v) is 10.1. The number of nitrogens with zero attached hydrogens (tertiary/aromatic N) is 2. The molecule has 0 radical (unpaired) electrons. The average Bonchev–Trinajstić information content (AvgIpc) is 2.78. The molecule has 0 bridgehead atoms. The van der Waals surface area contributed by atoms with Crippen molar-refractivity contribution < 1.29 is 22.7 Å². The Balaban J connectivity index is 1.64. The van der Waals surface area contributed by atoms with Crippen LogP contribution in [0.4, 0.5) is 21.5 Å². The fourth-order valence-corrected chi connectivity index (χ4v) is 5.33. The van der Waals surface area contributed by atoms with E-state index in [2.05, 4.69) is 28.7 Å². The Hall–Kier alpha value is -3.59. The highest BCUT2D eigenvalue weighted by Gasteiger charge is 2.27. The molecular weight excluding hydrogens is 457 g/mol. The first-order valence-corrected chi connectivity index (χ1v) is 12.4.